The fourth-order valence-electron chi connectivity index (χ4n) is 1.40. The third kappa shape index (κ3) is 3.21. The van der Waals surface area contributed by atoms with Crippen LogP contribution in [-0.4, -0.2) is 25.3 Å². The topological polar surface area (TPSA) is 38.8 Å². The maximum atomic E-state index is 11.4. The zero-order valence-electron chi connectivity index (χ0n) is 9.02. The van der Waals surface area contributed by atoms with Crippen LogP contribution >= 0.6 is 0 Å². The van der Waals surface area contributed by atoms with E-state index >= 15 is 0 Å². The average Bonchev–Trinajstić information content (AvgIpc) is 3.10. The summed E-state index contributed by atoms with van der Waals surface area (Å²) >= 11 is 0. The molecule has 3 nitrogen and oxygen atoms in total. The molecule has 1 aliphatic heterocycles. The SMILES string of the molecule is C=Cc1cccc(CC(=O)OCC2CO2)c1. The fraction of sp³-hybridized carbons (Fsp3) is 0.308. The standard InChI is InChI=1S/C13H14O3/c1-2-10-4-3-5-11(6-10)7-13(14)16-9-12-8-15-12/h2-6,12H,1,7-9H2. The van der Waals surface area contributed by atoms with Gasteiger partial charge < -0.3 is 9.47 Å². The lowest BCUT2D eigenvalue weighted by Crippen LogP contribution is -2.12. The van der Waals surface area contributed by atoms with E-state index in [2.05, 4.69) is 6.58 Å². The predicted molar refractivity (Wildman–Crippen MR) is 60.9 cm³/mol. The van der Waals surface area contributed by atoms with Crippen LogP contribution < -0.4 is 0 Å². The van der Waals surface area contributed by atoms with Crippen molar-refractivity contribution in [3.63, 3.8) is 0 Å². The second-order valence-corrected chi connectivity index (χ2v) is 3.76. The molecule has 16 heavy (non-hydrogen) atoms. The summed E-state index contributed by atoms with van der Waals surface area (Å²) < 4.78 is 10.0. The number of carbonyl (C=O) groups excluding carboxylic acids is 1. The molecule has 1 aromatic rings. The van der Waals surface area contributed by atoms with Gasteiger partial charge in [-0.25, -0.2) is 0 Å². The smallest absolute Gasteiger partial charge is 0.310 e. The van der Waals surface area contributed by atoms with Gasteiger partial charge in [0, 0.05) is 0 Å². The highest BCUT2D eigenvalue weighted by Crippen LogP contribution is 2.11. The van der Waals surface area contributed by atoms with E-state index in [1.807, 2.05) is 24.3 Å². The van der Waals surface area contributed by atoms with Crippen molar-refractivity contribution < 1.29 is 14.3 Å². The molecular weight excluding hydrogens is 204 g/mol. The Balaban J connectivity index is 1.86. The third-order valence-corrected chi connectivity index (χ3v) is 2.37. The van der Waals surface area contributed by atoms with E-state index in [1.165, 1.54) is 0 Å². The minimum atomic E-state index is -0.211. The van der Waals surface area contributed by atoms with E-state index in [-0.39, 0.29) is 12.1 Å². The van der Waals surface area contributed by atoms with Crippen LogP contribution in [0.25, 0.3) is 6.08 Å². The van der Waals surface area contributed by atoms with Crippen LogP contribution in [0, 0.1) is 0 Å². The normalized spacial score (nSPS) is 17.9. The highest BCUT2D eigenvalue weighted by atomic mass is 16.6. The van der Waals surface area contributed by atoms with Crippen molar-refractivity contribution in [1.29, 1.82) is 0 Å². The van der Waals surface area contributed by atoms with Crippen LogP contribution in [0.3, 0.4) is 0 Å². The molecular formula is C13H14O3. The minimum Gasteiger partial charge on any atom is -0.463 e. The molecule has 1 fully saturated rings. The second-order valence-electron chi connectivity index (χ2n) is 3.76. The van der Waals surface area contributed by atoms with E-state index in [9.17, 15) is 4.79 Å². The van der Waals surface area contributed by atoms with E-state index in [4.69, 9.17) is 9.47 Å². The lowest BCUT2D eigenvalue weighted by molar-refractivity contribution is -0.143. The molecule has 1 saturated heterocycles. The van der Waals surface area contributed by atoms with Crippen molar-refractivity contribution in [2.24, 2.45) is 0 Å². The quantitative estimate of drug-likeness (QED) is 0.559. The molecule has 0 aromatic heterocycles. The van der Waals surface area contributed by atoms with Gasteiger partial charge in [-0.2, -0.15) is 0 Å². The molecule has 1 heterocycles. The van der Waals surface area contributed by atoms with Crippen molar-refractivity contribution in [2.75, 3.05) is 13.2 Å². The molecule has 0 aliphatic carbocycles. The van der Waals surface area contributed by atoms with Crippen molar-refractivity contribution in [3.8, 4) is 0 Å². The maximum Gasteiger partial charge on any atom is 0.310 e. The Morgan fingerprint density at radius 3 is 3.12 bits per heavy atom. The van der Waals surface area contributed by atoms with Crippen LogP contribution in [-0.2, 0) is 20.7 Å². The van der Waals surface area contributed by atoms with Gasteiger partial charge in [-0.15, -0.1) is 0 Å². The summed E-state index contributed by atoms with van der Waals surface area (Å²) in [6.45, 7) is 4.77. The predicted octanol–water partition coefficient (Wildman–Crippen LogP) is 1.81. The Hall–Kier alpha value is -1.61. The lowest BCUT2D eigenvalue weighted by atomic mass is 10.1. The number of hydrogen-bond acceptors (Lipinski definition) is 3. The van der Waals surface area contributed by atoms with E-state index < -0.39 is 0 Å². The van der Waals surface area contributed by atoms with E-state index in [0.29, 0.717) is 19.6 Å². The monoisotopic (exact) mass is 218 g/mol. The van der Waals surface area contributed by atoms with Crippen LogP contribution in [0.5, 0.6) is 0 Å². The van der Waals surface area contributed by atoms with Gasteiger partial charge >= 0.3 is 5.97 Å². The first-order valence-electron chi connectivity index (χ1n) is 5.26. The molecule has 1 unspecified atom stereocenters. The number of rotatable bonds is 5. The molecule has 0 amide bonds. The van der Waals surface area contributed by atoms with Crippen LogP contribution in [0.4, 0.5) is 0 Å². The van der Waals surface area contributed by atoms with Crippen molar-refractivity contribution >= 4 is 12.0 Å². The molecule has 1 aromatic carbocycles. The summed E-state index contributed by atoms with van der Waals surface area (Å²) in [4.78, 5) is 11.4. The summed E-state index contributed by atoms with van der Waals surface area (Å²) in [5, 5.41) is 0. The molecule has 1 aliphatic rings. The molecule has 0 bridgehead atoms. The molecule has 0 N–H and O–H groups in total. The van der Waals surface area contributed by atoms with Crippen LogP contribution in [0.2, 0.25) is 0 Å². The third-order valence-electron chi connectivity index (χ3n) is 2.37. The molecule has 84 valence electrons. The van der Waals surface area contributed by atoms with Gasteiger partial charge in [0.05, 0.1) is 13.0 Å². The zero-order chi connectivity index (χ0) is 11.4. The van der Waals surface area contributed by atoms with Crippen molar-refractivity contribution in [1.82, 2.24) is 0 Å². The summed E-state index contributed by atoms with van der Waals surface area (Å²) in [6.07, 6.45) is 2.19. The fourth-order valence-corrected chi connectivity index (χ4v) is 1.40. The van der Waals surface area contributed by atoms with Crippen LogP contribution in [0.15, 0.2) is 30.8 Å². The summed E-state index contributed by atoms with van der Waals surface area (Å²) in [6, 6.07) is 7.69. The van der Waals surface area contributed by atoms with Gasteiger partial charge in [0.2, 0.25) is 0 Å². The Morgan fingerprint density at radius 1 is 1.62 bits per heavy atom. The number of epoxide rings is 1. The van der Waals surface area contributed by atoms with Gasteiger partial charge in [0.25, 0.3) is 0 Å². The first-order valence-corrected chi connectivity index (χ1v) is 5.26. The van der Waals surface area contributed by atoms with Gasteiger partial charge in [-0.05, 0) is 11.1 Å². The number of carbonyl (C=O) groups is 1. The first-order chi connectivity index (χ1) is 7.78. The lowest BCUT2D eigenvalue weighted by Gasteiger charge is -2.03. The number of benzene rings is 1. The average molecular weight is 218 g/mol. The van der Waals surface area contributed by atoms with Crippen molar-refractivity contribution in [2.45, 2.75) is 12.5 Å². The van der Waals surface area contributed by atoms with Crippen molar-refractivity contribution in [3.05, 3.63) is 42.0 Å². The second kappa shape index (κ2) is 4.94. The molecule has 0 saturated carbocycles. The molecule has 2 rings (SSSR count). The molecule has 0 spiro atoms. The maximum absolute atomic E-state index is 11.4. The Labute approximate surface area is 94.7 Å². The minimum absolute atomic E-state index is 0.128. The van der Waals surface area contributed by atoms with E-state index in [0.717, 1.165) is 11.1 Å². The van der Waals surface area contributed by atoms with Gasteiger partial charge in [-0.3, -0.25) is 4.79 Å². The Kier molecular flexibility index (Phi) is 3.37. The first kappa shape index (κ1) is 10.9. The Morgan fingerprint density at radius 2 is 2.44 bits per heavy atom. The van der Waals surface area contributed by atoms with E-state index in [1.54, 1.807) is 6.08 Å². The molecule has 1 atom stereocenters. The number of ether oxygens (including phenoxy) is 2. The largest absolute Gasteiger partial charge is 0.463 e. The highest BCUT2D eigenvalue weighted by Gasteiger charge is 2.24. The van der Waals surface area contributed by atoms with Crippen LogP contribution in [0.1, 0.15) is 11.1 Å². The Bertz CT molecular complexity index is 394. The van der Waals surface area contributed by atoms with Gasteiger partial charge in [-0.1, -0.05) is 36.9 Å². The molecule has 0 radical (unpaired) electrons. The molecule has 3 heteroatoms. The summed E-state index contributed by atoms with van der Waals surface area (Å²) in [7, 11) is 0. The number of hydrogen-bond donors (Lipinski definition) is 0. The number of esters is 1. The van der Waals surface area contributed by atoms with Gasteiger partial charge in [0.1, 0.15) is 12.7 Å². The summed E-state index contributed by atoms with van der Waals surface area (Å²) in [5.74, 6) is -0.211. The zero-order valence-corrected chi connectivity index (χ0v) is 9.02. The highest BCUT2D eigenvalue weighted by molar-refractivity contribution is 5.73. The van der Waals surface area contributed by atoms with Gasteiger partial charge in [0.15, 0.2) is 0 Å². The summed E-state index contributed by atoms with van der Waals surface area (Å²) in [5.41, 5.74) is 1.95.